The molecule has 0 saturated heterocycles. The monoisotopic (exact) mass is 339 g/mol. The Kier molecular flexibility index (Phi) is 4.34. The van der Waals surface area contributed by atoms with Crippen LogP contribution in [0.3, 0.4) is 0 Å². The first-order valence-corrected chi connectivity index (χ1v) is 7.52. The molecule has 1 unspecified atom stereocenters. The van der Waals surface area contributed by atoms with Crippen LogP contribution < -0.4 is 19.5 Å². The van der Waals surface area contributed by atoms with E-state index in [1.54, 1.807) is 19.2 Å². The fourth-order valence-electron chi connectivity index (χ4n) is 2.37. The summed E-state index contributed by atoms with van der Waals surface area (Å²) >= 11 is 12.3. The number of methoxy groups -OCH3 is 1. The highest BCUT2D eigenvalue weighted by atomic mass is 35.5. The van der Waals surface area contributed by atoms with Crippen molar-refractivity contribution in [3.8, 4) is 28.4 Å². The topological polar surface area (TPSA) is 39.7 Å². The van der Waals surface area contributed by atoms with Gasteiger partial charge in [0.2, 0.25) is 0 Å². The molecule has 1 heterocycles. The first-order chi connectivity index (χ1) is 10.6. The van der Waals surface area contributed by atoms with Gasteiger partial charge in [-0.25, -0.2) is 0 Å². The van der Waals surface area contributed by atoms with Gasteiger partial charge in [0, 0.05) is 27.2 Å². The van der Waals surface area contributed by atoms with Gasteiger partial charge in [-0.15, -0.1) is 0 Å². The number of nitrogens with one attached hydrogen (secondary N) is 1. The number of hydrogen-bond donors (Lipinski definition) is 1. The highest BCUT2D eigenvalue weighted by Crippen LogP contribution is 2.46. The molecule has 1 N–H and O–H groups in total. The highest BCUT2D eigenvalue weighted by molar-refractivity contribution is 6.31. The third-order valence-corrected chi connectivity index (χ3v) is 3.90. The van der Waals surface area contributed by atoms with E-state index in [-0.39, 0.29) is 6.23 Å². The summed E-state index contributed by atoms with van der Waals surface area (Å²) < 4.78 is 17.1. The van der Waals surface area contributed by atoms with Gasteiger partial charge in [0.15, 0.2) is 17.7 Å². The maximum Gasteiger partial charge on any atom is 0.184 e. The average molecular weight is 340 g/mol. The second kappa shape index (κ2) is 6.24. The molecule has 2 aromatic carbocycles. The largest absolute Gasteiger partial charge is 0.496 e. The van der Waals surface area contributed by atoms with Crippen molar-refractivity contribution in [3.63, 3.8) is 0 Å². The molecular formula is C16H15Cl2NO3. The fourth-order valence-corrected chi connectivity index (χ4v) is 2.75. The Morgan fingerprint density at radius 1 is 1.14 bits per heavy atom. The predicted octanol–water partition coefficient (Wildman–Crippen LogP) is 3.99. The Morgan fingerprint density at radius 3 is 2.64 bits per heavy atom. The number of halogens is 2. The smallest absolute Gasteiger partial charge is 0.184 e. The second-order valence-corrected chi connectivity index (χ2v) is 5.70. The van der Waals surface area contributed by atoms with Crippen molar-refractivity contribution in [2.45, 2.75) is 6.23 Å². The van der Waals surface area contributed by atoms with E-state index in [9.17, 15) is 0 Å². The Bertz CT molecular complexity index is 706. The van der Waals surface area contributed by atoms with E-state index in [0.717, 1.165) is 11.1 Å². The second-order valence-electron chi connectivity index (χ2n) is 4.83. The van der Waals surface area contributed by atoms with E-state index < -0.39 is 0 Å². The SMILES string of the molecule is CNC1COc2cc(Cl)cc(-c3cc(Cl)ccc3OC)c2O1. The molecule has 0 bridgehead atoms. The Hall–Kier alpha value is -1.62. The van der Waals surface area contributed by atoms with Gasteiger partial charge in [0.05, 0.1) is 7.11 Å². The molecule has 0 aliphatic carbocycles. The minimum atomic E-state index is -0.224. The zero-order valence-electron chi connectivity index (χ0n) is 12.2. The van der Waals surface area contributed by atoms with Crippen molar-refractivity contribution in [3.05, 3.63) is 40.4 Å². The zero-order chi connectivity index (χ0) is 15.7. The molecule has 3 rings (SSSR count). The van der Waals surface area contributed by atoms with Crippen LogP contribution in [0.1, 0.15) is 0 Å². The molecular weight excluding hydrogens is 325 g/mol. The van der Waals surface area contributed by atoms with E-state index in [1.807, 2.05) is 25.2 Å². The molecule has 1 aliphatic rings. The molecule has 2 aromatic rings. The van der Waals surface area contributed by atoms with Crippen molar-refractivity contribution >= 4 is 23.2 Å². The first-order valence-electron chi connectivity index (χ1n) is 6.76. The molecule has 0 fully saturated rings. The molecule has 6 heteroatoms. The average Bonchev–Trinajstić information content (AvgIpc) is 2.53. The lowest BCUT2D eigenvalue weighted by atomic mass is 10.0. The Balaban J connectivity index is 2.19. The number of hydrogen-bond acceptors (Lipinski definition) is 4. The summed E-state index contributed by atoms with van der Waals surface area (Å²) in [5.74, 6) is 1.91. The summed E-state index contributed by atoms with van der Waals surface area (Å²) in [7, 11) is 3.42. The van der Waals surface area contributed by atoms with Gasteiger partial charge in [-0.1, -0.05) is 23.2 Å². The highest BCUT2D eigenvalue weighted by Gasteiger charge is 2.25. The molecule has 0 amide bonds. The number of likely N-dealkylation sites (N-methyl/N-ethyl adjacent to an activating group) is 1. The van der Waals surface area contributed by atoms with E-state index in [2.05, 4.69) is 5.32 Å². The number of fused-ring (bicyclic) bond motifs is 1. The number of rotatable bonds is 3. The third-order valence-electron chi connectivity index (χ3n) is 3.44. The van der Waals surface area contributed by atoms with Crippen LogP contribution in [0.4, 0.5) is 0 Å². The normalized spacial score (nSPS) is 16.5. The van der Waals surface area contributed by atoms with Crippen LogP contribution in [0, 0.1) is 0 Å². The number of benzene rings is 2. The van der Waals surface area contributed by atoms with Crippen molar-refractivity contribution < 1.29 is 14.2 Å². The van der Waals surface area contributed by atoms with Gasteiger partial charge in [-0.05, 0) is 31.3 Å². The van der Waals surface area contributed by atoms with Crippen LogP contribution in [0.5, 0.6) is 17.2 Å². The van der Waals surface area contributed by atoms with Crippen LogP contribution in [0.25, 0.3) is 11.1 Å². The summed E-state index contributed by atoms with van der Waals surface area (Å²) in [5.41, 5.74) is 1.58. The van der Waals surface area contributed by atoms with Crippen LogP contribution >= 0.6 is 23.2 Å². The lowest BCUT2D eigenvalue weighted by Gasteiger charge is -2.28. The zero-order valence-corrected chi connectivity index (χ0v) is 13.7. The first kappa shape index (κ1) is 15.3. The van der Waals surface area contributed by atoms with Gasteiger partial charge >= 0.3 is 0 Å². The Labute approximate surface area is 138 Å². The van der Waals surface area contributed by atoms with Crippen molar-refractivity contribution in [2.75, 3.05) is 20.8 Å². The van der Waals surface area contributed by atoms with E-state index in [4.69, 9.17) is 37.4 Å². The molecule has 1 atom stereocenters. The van der Waals surface area contributed by atoms with Gasteiger partial charge < -0.3 is 14.2 Å². The van der Waals surface area contributed by atoms with E-state index in [0.29, 0.717) is 33.9 Å². The van der Waals surface area contributed by atoms with Gasteiger partial charge in [0.1, 0.15) is 12.4 Å². The van der Waals surface area contributed by atoms with Crippen LogP contribution in [-0.4, -0.2) is 27.0 Å². The van der Waals surface area contributed by atoms with Gasteiger partial charge in [0.25, 0.3) is 0 Å². The quantitative estimate of drug-likeness (QED) is 0.917. The standard InChI is InChI=1S/C16H15Cl2NO3/c1-19-15-8-21-14-7-10(18)6-12(16(14)22-15)11-5-9(17)3-4-13(11)20-2/h3-7,15,19H,8H2,1-2H3. The molecule has 0 radical (unpaired) electrons. The van der Waals surface area contributed by atoms with E-state index in [1.165, 1.54) is 0 Å². The third kappa shape index (κ3) is 2.82. The summed E-state index contributed by atoms with van der Waals surface area (Å²) in [6.07, 6.45) is -0.224. The van der Waals surface area contributed by atoms with Gasteiger partial charge in [-0.3, -0.25) is 5.32 Å². The van der Waals surface area contributed by atoms with Crippen LogP contribution in [-0.2, 0) is 0 Å². The molecule has 0 saturated carbocycles. The molecule has 0 aromatic heterocycles. The van der Waals surface area contributed by atoms with Gasteiger partial charge in [-0.2, -0.15) is 0 Å². The summed E-state index contributed by atoms with van der Waals surface area (Å²) in [6, 6.07) is 8.96. The molecule has 22 heavy (non-hydrogen) atoms. The molecule has 116 valence electrons. The minimum absolute atomic E-state index is 0.224. The summed E-state index contributed by atoms with van der Waals surface area (Å²) in [5, 5.41) is 4.20. The van der Waals surface area contributed by atoms with Crippen LogP contribution in [0.2, 0.25) is 10.0 Å². The number of ether oxygens (including phenoxy) is 3. The summed E-state index contributed by atoms with van der Waals surface area (Å²) in [4.78, 5) is 0. The van der Waals surface area contributed by atoms with Crippen molar-refractivity contribution in [1.82, 2.24) is 5.32 Å². The lowest BCUT2D eigenvalue weighted by Crippen LogP contribution is -2.39. The maximum absolute atomic E-state index is 6.21. The lowest BCUT2D eigenvalue weighted by molar-refractivity contribution is 0.0733. The fraction of sp³-hybridized carbons (Fsp3) is 0.250. The van der Waals surface area contributed by atoms with Crippen molar-refractivity contribution in [1.29, 1.82) is 0 Å². The van der Waals surface area contributed by atoms with Crippen LogP contribution in [0.15, 0.2) is 30.3 Å². The molecule has 0 spiro atoms. The minimum Gasteiger partial charge on any atom is -0.496 e. The molecule has 4 nitrogen and oxygen atoms in total. The van der Waals surface area contributed by atoms with E-state index >= 15 is 0 Å². The molecule has 1 aliphatic heterocycles. The van der Waals surface area contributed by atoms with Crippen molar-refractivity contribution in [2.24, 2.45) is 0 Å². The Morgan fingerprint density at radius 2 is 1.91 bits per heavy atom. The maximum atomic E-state index is 6.21. The predicted molar refractivity (Wildman–Crippen MR) is 87.4 cm³/mol. The summed E-state index contributed by atoms with van der Waals surface area (Å²) in [6.45, 7) is 0.413.